The van der Waals surface area contributed by atoms with Crippen LogP contribution < -0.4 is 14.2 Å². The van der Waals surface area contributed by atoms with E-state index < -0.39 is 0 Å². The molecule has 0 spiro atoms. The number of rotatable bonds is 4. The van der Waals surface area contributed by atoms with E-state index in [4.69, 9.17) is 19.3 Å². The highest BCUT2D eigenvalue weighted by Gasteiger charge is 2.27. The second-order valence-corrected chi connectivity index (χ2v) is 7.15. The van der Waals surface area contributed by atoms with Crippen LogP contribution in [-0.4, -0.2) is 30.5 Å². The van der Waals surface area contributed by atoms with Crippen molar-refractivity contribution < 1.29 is 19.0 Å². The molecule has 1 amide bonds. The van der Waals surface area contributed by atoms with Crippen molar-refractivity contribution in [3.05, 3.63) is 89.0 Å². The van der Waals surface area contributed by atoms with Crippen LogP contribution in [0.3, 0.4) is 0 Å². The quantitative estimate of drug-likeness (QED) is 0.669. The highest BCUT2D eigenvalue weighted by molar-refractivity contribution is 6.15. The van der Waals surface area contributed by atoms with Gasteiger partial charge in [0.15, 0.2) is 11.5 Å². The molecular formula is C24H20N2O4. The maximum atomic E-state index is 13.1. The van der Waals surface area contributed by atoms with Gasteiger partial charge in [-0.2, -0.15) is 5.10 Å². The zero-order valence-corrected chi connectivity index (χ0v) is 16.5. The third-order valence-electron chi connectivity index (χ3n) is 5.24. The summed E-state index contributed by atoms with van der Waals surface area (Å²) in [7, 11) is 1.63. The molecule has 0 fully saturated rings. The van der Waals surface area contributed by atoms with Crippen molar-refractivity contribution in [1.82, 2.24) is 5.01 Å². The third-order valence-corrected chi connectivity index (χ3v) is 5.24. The Morgan fingerprint density at radius 1 is 1.00 bits per heavy atom. The Morgan fingerprint density at radius 2 is 1.73 bits per heavy atom. The summed E-state index contributed by atoms with van der Waals surface area (Å²) in [5, 5.41) is 6.34. The molecule has 0 bridgehead atoms. The summed E-state index contributed by atoms with van der Waals surface area (Å²) in [5.41, 5.74) is 4.41. The topological polar surface area (TPSA) is 60.4 Å². The number of benzene rings is 3. The SMILES string of the molecule is COc1ccc(CN2N=C(c3ccccc3)c3cc4c(cc3CC2=O)OCO4)cc1. The molecule has 0 atom stereocenters. The predicted octanol–water partition coefficient (Wildman–Crippen LogP) is 3.76. The summed E-state index contributed by atoms with van der Waals surface area (Å²) >= 11 is 0. The summed E-state index contributed by atoms with van der Waals surface area (Å²) in [6, 6.07) is 21.3. The molecule has 2 aliphatic rings. The molecule has 6 heteroatoms. The van der Waals surface area contributed by atoms with Gasteiger partial charge in [-0.05, 0) is 35.4 Å². The Labute approximate surface area is 174 Å². The number of carbonyl (C=O) groups excluding carboxylic acids is 1. The van der Waals surface area contributed by atoms with Crippen LogP contribution in [-0.2, 0) is 17.8 Å². The van der Waals surface area contributed by atoms with Crippen LogP contribution in [0, 0.1) is 0 Å². The van der Waals surface area contributed by atoms with E-state index in [1.54, 1.807) is 7.11 Å². The lowest BCUT2D eigenvalue weighted by Gasteiger charge is -2.17. The minimum atomic E-state index is -0.0723. The van der Waals surface area contributed by atoms with Gasteiger partial charge < -0.3 is 14.2 Å². The van der Waals surface area contributed by atoms with Crippen LogP contribution in [0.4, 0.5) is 0 Å². The molecule has 0 aliphatic carbocycles. The zero-order chi connectivity index (χ0) is 20.5. The maximum Gasteiger partial charge on any atom is 0.247 e. The molecule has 30 heavy (non-hydrogen) atoms. The number of nitrogens with zero attached hydrogens (tertiary/aromatic N) is 2. The lowest BCUT2D eigenvalue weighted by Crippen LogP contribution is -2.26. The van der Waals surface area contributed by atoms with E-state index in [1.807, 2.05) is 66.7 Å². The smallest absolute Gasteiger partial charge is 0.247 e. The first kappa shape index (κ1) is 18.2. The fourth-order valence-electron chi connectivity index (χ4n) is 3.67. The molecule has 0 unspecified atom stereocenters. The Hall–Kier alpha value is -3.80. The van der Waals surface area contributed by atoms with Crippen molar-refractivity contribution in [2.45, 2.75) is 13.0 Å². The number of amides is 1. The van der Waals surface area contributed by atoms with Gasteiger partial charge in [0, 0.05) is 11.1 Å². The minimum Gasteiger partial charge on any atom is -0.497 e. The molecule has 0 aromatic heterocycles. The molecule has 0 saturated carbocycles. The molecule has 0 saturated heterocycles. The van der Waals surface area contributed by atoms with Gasteiger partial charge >= 0.3 is 0 Å². The molecule has 2 aliphatic heterocycles. The standard InChI is InChI=1S/C24H20N2O4/c1-28-19-9-7-16(8-10-19)14-26-23(27)12-18-11-21-22(30-15-29-21)13-20(18)24(25-26)17-5-3-2-4-6-17/h2-11,13H,12,14-15H2,1H3. The molecule has 150 valence electrons. The number of hydrazone groups is 1. The fourth-order valence-corrected chi connectivity index (χ4v) is 3.67. The van der Waals surface area contributed by atoms with Gasteiger partial charge in [-0.1, -0.05) is 42.5 Å². The number of hydrogen-bond acceptors (Lipinski definition) is 5. The van der Waals surface area contributed by atoms with E-state index in [2.05, 4.69) is 0 Å². The molecule has 3 aromatic carbocycles. The van der Waals surface area contributed by atoms with Gasteiger partial charge in [-0.15, -0.1) is 0 Å². The van der Waals surface area contributed by atoms with E-state index >= 15 is 0 Å². The van der Waals surface area contributed by atoms with Crippen LogP contribution in [0.25, 0.3) is 0 Å². The second kappa shape index (κ2) is 7.55. The monoisotopic (exact) mass is 400 g/mol. The van der Waals surface area contributed by atoms with Crippen molar-refractivity contribution in [3.63, 3.8) is 0 Å². The normalized spacial score (nSPS) is 14.8. The van der Waals surface area contributed by atoms with Crippen LogP contribution >= 0.6 is 0 Å². The Bertz CT molecular complexity index is 1120. The molecule has 2 heterocycles. The number of fused-ring (bicyclic) bond motifs is 2. The summed E-state index contributed by atoms with van der Waals surface area (Å²) in [6.07, 6.45) is 0.238. The molecule has 6 nitrogen and oxygen atoms in total. The van der Waals surface area contributed by atoms with E-state index in [-0.39, 0.29) is 19.1 Å². The summed E-state index contributed by atoms with van der Waals surface area (Å²) in [6.45, 7) is 0.563. The number of ether oxygens (including phenoxy) is 3. The number of carbonyl (C=O) groups is 1. The fraction of sp³-hybridized carbons (Fsp3) is 0.167. The third kappa shape index (κ3) is 3.37. The Kier molecular flexibility index (Phi) is 4.59. The van der Waals surface area contributed by atoms with E-state index in [1.165, 1.54) is 5.01 Å². The average molecular weight is 400 g/mol. The highest BCUT2D eigenvalue weighted by Crippen LogP contribution is 2.37. The number of methoxy groups -OCH3 is 1. The van der Waals surface area contributed by atoms with E-state index in [0.29, 0.717) is 18.0 Å². The predicted molar refractivity (Wildman–Crippen MR) is 112 cm³/mol. The Morgan fingerprint density at radius 3 is 2.47 bits per heavy atom. The summed E-state index contributed by atoms with van der Waals surface area (Å²) < 4.78 is 16.3. The van der Waals surface area contributed by atoms with Gasteiger partial charge in [-0.25, -0.2) is 5.01 Å². The highest BCUT2D eigenvalue weighted by atomic mass is 16.7. The lowest BCUT2D eigenvalue weighted by molar-refractivity contribution is -0.131. The van der Waals surface area contributed by atoms with E-state index in [0.717, 1.165) is 33.7 Å². The Balaban J connectivity index is 1.58. The first-order valence-electron chi connectivity index (χ1n) is 9.71. The lowest BCUT2D eigenvalue weighted by atomic mass is 9.95. The van der Waals surface area contributed by atoms with Crippen LogP contribution in [0.5, 0.6) is 17.2 Å². The maximum absolute atomic E-state index is 13.1. The summed E-state index contributed by atoms with van der Waals surface area (Å²) in [5.74, 6) is 2.04. The molecule has 5 rings (SSSR count). The zero-order valence-electron chi connectivity index (χ0n) is 16.5. The van der Waals surface area contributed by atoms with E-state index in [9.17, 15) is 4.79 Å². The first-order chi connectivity index (χ1) is 14.7. The van der Waals surface area contributed by atoms with Crippen molar-refractivity contribution >= 4 is 11.6 Å². The largest absolute Gasteiger partial charge is 0.497 e. The second-order valence-electron chi connectivity index (χ2n) is 7.15. The van der Waals surface area contributed by atoms with Crippen molar-refractivity contribution in [1.29, 1.82) is 0 Å². The van der Waals surface area contributed by atoms with Gasteiger partial charge in [0.2, 0.25) is 12.7 Å². The first-order valence-corrected chi connectivity index (χ1v) is 9.71. The van der Waals surface area contributed by atoms with Crippen LogP contribution in [0.15, 0.2) is 71.8 Å². The van der Waals surface area contributed by atoms with Crippen molar-refractivity contribution in [3.8, 4) is 17.2 Å². The van der Waals surface area contributed by atoms with Gasteiger partial charge in [0.25, 0.3) is 0 Å². The van der Waals surface area contributed by atoms with Crippen LogP contribution in [0.2, 0.25) is 0 Å². The van der Waals surface area contributed by atoms with Crippen molar-refractivity contribution in [2.75, 3.05) is 13.9 Å². The molecular weight excluding hydrogens is 380 g/mol. The van der Waals surface area contributed by atoms with Gasteiger partial charge in [0.05, 0.1) is 25.8 Å². The molecule has 0 N–H and O–H groups in total. The van der Waals surface area contributed by atoms with Gasteiger partial charge in [0.1, 0.15) is 5.75 Å². The van der Waals surface area contributed by atoms with Gasteiger partial charge in [-0.3, -0.25) is 4.79 Å². The van der Waals surface area contributed by atoms with Crippen molar-refractivity contribution in [2.24, 2.45) is 5.10 Å². The number of hydrogen-bond donors (Lipinski definition) is 0. The molecule has 3 aromatic rings. The minimum absolute atomic E-state index is 0.0723. The van der Waals surface area contributed by atoms with Crippen LogP contribution in [0.1, 0.15) is 22.3 Å². The summed E-state index contributed by atoms with van der Waals surface area (Å²) in [4.78, 5) is 13.1. The average Bonchev–Trinajstić information content (AvgIpc) is 3.19. The molecule has 0 radical (unpaired) electrons.